The second-order valence-corrected chi connectivity index (χ2v) is 5.43. The number of aromatic nitrogens is 2. The van der Waals surface area contributed by atoms with Crippen molar-refractivity contribution in [1.82, 2.24) is 9.78 Å². The summed E-state index contributed by atoms with van der Waals surface area (Å²) in [4.78, 5) is 12.2. The molecule has 0 spiro atoms. The van der Waals surface area contributed by atoms with Crippen molar-refractivity contribution < 1.29 is 13.6 Å². The zero-order chi connectivity index (χ0) is 17.1. The average Bonchev–Trinajstić information content (AvgIpc) is 2.86. The molecule has 122 valence electrons. The lowest BCUT2D eigenvalue weighted by Gasteiger charge is -2.09. The van der Waals surface area contributed by atoms with Crippen molar-refractivity contribution in [3.8, 4) is 0 Å². The quantitative estimate of drug-likeness (QED) is 0.793. The van der Waals surface area contributed by atoms with Crippen LogP contribution < -0.4 is 5.32 Å². The Hall–Kier alpha value is -3.02. The van der Waals surface area contributed by atoms with Crippen LogP contribution >= 0.6 is 0 Å². The normalized spacial score (nSPS) is 10.6. The first-order valence-corrected chi connectivity index (χ1v) is 7.37. The summed E-state index contributed by atoms with van der Waals surface area (Å²) >= 11 is 0. The number of carbonyl (C=O) groups excluding carboxylic acids is 1. The first-order chi connectivity index (χ1) is 11.5. The maximum Gasteiger partial charge on any atom is 0.257 e. The number of nitrogens with one attached hydrogen (secondary N) is 1. The lowest BCUT2D eigenvalue weighted by Crippen LogP contribution is -2.16. The fourth-order valence-corrected chi connectivity index (χ4v) is 2.40. The summed E-state index contributed by atoms with van der Waals surface area (Å²) < 4.78 is 28.2. The van der Waals surface area contributed by atoms with Crippen molar-refractivity contribution in [2.24, 2.45) is 0 Å². The van der Waals surface area contributed by atoms with E-state index in [9.17, 15) is 13.6 Å². The van der Waals surface area contributed by atoms with Crippen LogP contribution in [0.25, 0.3) is 0 Å². The highest BCUT2D eigenvalue weighted by molar-refractivity contribution is 6.03. The summed E-state index contributed by atoms with van der Waals surface area (Å²) in [6.45, 7) is 2.28. The van der Waals surface area contributed by atoms with Crippen LogP contribution in [0.5, 0.6) is 0 Å². The highest BCUT2D eigenvalue weighted by atomic mass is 19.1. The third-order valence-corrected chi connectivity index (χ3v) is 3.44. The topological polar surface area (TPSA) is 46.9 Å². The van der Waals surface area contributed by atoms with Crippen molar-refractivity contribution in [3.05, 3.63) is 83.1 Å². The second kappa shape index (κ2) is 6.62. The van der Waals surface area contributed by atoms with Gasteiger partial charge >= 0.3 is 0 Å². The Labute approximate surface area is 137 Å². The van der Waals surface area contributed by atoms with Gasteiger partial charge in [-0.05, 0) is 24.6 Å². The highest BCUT2D eigenvalue weighted by Gasteiger charge is 2.13. The van der Waals surface area contributed by atoms with Crippen LogP contribution in [-0.2, 0) is 6.54 Å². The van der Waals surface area contributed by atoms with Crippen LogP contribution in [0, 0.1) is 18.6 Å². The highest BCUT2D eigenvalue weighted by Crippen LogP contribution is 2.15. The molecule has 0 atom stereocenters. The maximum absolute atomic E-state index is 13.3. The molecule has 6 heteroatoms. The number of amides is 1. The zero-order valence-corrected chi connectivity index (χ0v) is 13.0. The van der Waals surface area contributed by atoms with Crippen molar-refractivity contribution in [2.45, 2.75) is 13.5 Å². The number of aryl methyl sites for hydroxylation is 1. The molecule has 1 aromatic heterocycles. The predicted molar refractivity (Wildman–Crippen MR) is 86.8 cm³/mol. The summed E-state index contributed by atoms with van der Waals surface area (Å²) in [6.07, 6.45) is 0. The molecule has 0 bridgehead atoms. The van der Waals surface area contributed by atoms with Gasteiger partial charge in [-0.2, -0.15) is 5.10 Å². The number of halogens is 2. The molecule has 0 saturated heterocycles. The number of benzene rings is 2. The molecule has 0 saturated carbocycles. The SMILES string of the molecule is Cc1cc(NC(=O)c2cc(F)cc(F)c2)n(Cc2ccccc2)n1. The van der Waals surface area contributed by atoms with Crippen LogP contribution in [0.2, 0.25) is 0 Å². The molecule has 4 nitrogen and oxygen atoms in total. The molecule has 0 aliphatic carbocycles. The number of carbonyl (C=O) groups is 1. The second-order valence-electron chi connectivity index (χ2n) is 5.43. The first-order valence-electron chi connectivity index (χ1n) is 7.37. The van der Waals surface area contributed by atoms with Crippen LogP contribution in [0.3, 0.4) is 0 Å². The van der Waals surface area contributed by atoms with E-state index in [0.29, 0.717) is 12.4 Å². The van der Waals surface area contributed by atoms with E-state index in [0.717, 1.165) is 29.5 Å². The molecule has 3 aromatic rings. The molecular weight excluding hydrogens is 312 g/mol. The van der Waals surface area contributed by atoms with Gasteiger partial charge in [0, 0.05) is 17.7 Å². The third kappa shape index (κ3) is 3.65. The molecule has 1 N–H and O–H groups in total. The molecule has 2 aromatic carbocycles. The fraction of sp³-hybridized carbons (Fsp3) is 0.111. The molecule has 0 radical (unpaired) electrons. The van der Waals surface area contributed by atoms with Gasteiger partial charge in [0.05, 0.1) is 12.2 Å². The van der Waals surface area contributed by atoms with Crippen LogP contribution in [-0.4, -0.2) is 15.7 Å². The predicted octanol–water partition coefficient (Wildman–Crippen LogP) is 3.77. The minimum Gasteiger partial charge on any atom is -0.307 e. The summed E-state index contributed by atoms with van der Waals surface area (Å²) in [5, 5.41) is 6.99. The van der Waals surface area contributed by atoms with E-state index in [1.54, 1.807) is 17.7 Å². The van der Waals surface area contributed by atoms with Crippen molar-refractivity contribution >= 4 is 11.7 Å². The molecule has 1 amide bonds. The fourth-order valence-electron chi connectivity index (χ4n) is 2.40. The molecular formula is C18H15F2N3O. The van der Waals surface area contributed by atoms with Crippen molar-refractivity contribution in [1.29, 1.82) is 0 Å². The van der Waals surface area contributed by atoms with Crippen molar-refractivity contribution in [3.63, 3.8) is 0 Å². The molecule has 24 heavy (non-hydrogen) atoms. The molecule has 0 aliphatic heterocycles. The van der Waals surface area contributed by atoms with E-state index in [2.05, 4.69) is 10.4 Å². The zero-order valence-electron chi connectivity index (χ0n) is 13.0. The Balaban J connectivity index is 1.83. The van der Waals surface area contributed by atoms with Crippen LogP contribution in [0.4, 0.5) is 14.6 Å². The summed E-state index contributed by atoms with van der Waals surface area (Å²) in [6, 6.07) is 14.1. The lowest BCUT2D eigenvalue weighted by atomic mass is 10.2. The Morgan fingerprint density at radius 2 is 1.75 bits per heavy atom. The van der Waals surface area contributed by atoms with E-state index in [4.69, 9.17) is 0 Å². The van der Waals surface area contributed by atoms with Gasteiger partial charge in [-0.3, -0.25) is 4.79 Å². The summed E-state index contributed by atoms with van der Waals surface area (Å²) in [5.74, 6) is -1.73. The molecule has 0 unspecified atom stereocenters. The lowest BCUT2D eigenvalue weighted by molar-refractivity contribution is 0.102. The minimum absolute atomic E-state index is 0.0855. The average molecular weight is 327 g/mol. The number of hydrogen-bond donors (Lipinski definition) is 1. The Kier molecular flexibility index (Phi) is 4.37. The summed E-state index contributed by atoms with van der Waals surface area (Å²) in [5.41, 5.74) is 1.66. The van der Waals surface area contributed by atoms with Gasteiger partial charge in [-0.15, -0.1) is 0 Å². The van der Waals surface area contributed by atoms with E-state index in [-0.39, 0.29) is 5.56 Å². The smallest absolute Gasteiger partial charge is 0.257 e. The van der Waals surface area contributed by atoms with Gasteiger partial charge in [-0.25, -0.2) is 13.5 Å². The molecule has 3 rings (SSSR count). The number of rotatable bonds is 4. The van der Waals surface area contributed by atoms with E-state index in [1.807, 2.05) is 30.3 Å². The largest absolute Gasteiger partial charge is 0.307 e. The van der Waals surface area contributed by atoms with E-state index >= 15 is 0 Å². The van der Waals surface area contributed by atoms with Gasteiger partial charge in [0.25, 0.3) is 5.91 Å². The number of anilines is 1. The van der Waals surface area contributed by atoms with Gasteiger partial charge in [-0.1, -0.05) is 30.3 Å². The first kappa shape index (κ1) is 15.9. The standard InChI is InChI=1S/C18H15F2N3O/c1-12-7-17(23(22-12)11-13-5-3-2-4-6-13)21-18(24)14-8-15(19)10-16(20)9-14/h2-10H,11H2,1H3,(H,21,24). The van der Waals surface area contributed by atoms with Gasteiger partial charge in [0.2, 0.25) is 0 Å². The van der Waals surface area contributed by atoms with E-state index in [1.165, 1.54) is 0 Å². The Morgan fingerprint density at radius 3 is 2.42 bits per heavy atom. The molecule has 0 aliphatic rings. The summed E-state index contributed by atoms with van der Waals surface area (Å²) in [7, 11) is 0. The number of nitrogens with zero attached hydrogens (tertiary/aromatic N) is 2. The maximum atomic E-state index is 13.3. The van der Waals surface area contributed by atoms with Crippen LogP contribution in [0.1, 0.15) is 21.6 Å². The van der Waals surface area contributed by atoms with E-state index < -0.39 is 17.5 Å². The van der Waals surface area contributed by atoms with Gasteiger partial charge in [0.1, 0.15) is 17.5 Å². The van der Waals surface area contributed by atoms with Gasteiger partial charge in [0.15, 0.2) is 0 Å². The monoisotopic (exact) mass is 327 g/mol. The van der Waals surface area contributed by atoms with Crippen LogP contribution in [0.15, 0.2) is 54.6 Å². The molecule has 0 fully saturated rings. The minimum atomic E-state index is -0.797. The Bertz CT molecular complexity index is 855. The number of hydrogen-bond acceptors (Lipinski definition) is 2. The Morgan fingerprint density at radius 1 is 1.08 bits per heavy atom. The van der Waals surface area contributed by atoms with Gasteiger partial charge < -0.3 is 5.32 Å². The van der Waals surface area contributed by atoms with Crippen molar-refractivity contribution in [2.75, 3.05) is 5.32 Å². The third-order valence-electron chi connectivity index (χ3n) is 3.44. The molecule has 1 heterocycles.